The SMILES string of the molecule is O=C(NCCCC(=O)N1CCC(C(=O)c2ccc(Cl)c(Cl)c2)CC1)NC1CCCCC1. The Kier molecular flexibility index (Phi) is 9.02. The van der Waals surface area contributed by atoms with E-state index in [0.29, 0.717) is 60.9 Å². The third kappa shape index (κ3) is 7.11. The lowest BCUT2D eigenvalue weighted by atomic mass is 9.89. The van der Waals surface area contributed by atoms with E-state index in [1.807, 2.05) is 4.90 Å². The zero-order chi connectivity index (χ0) is 22.2. The first kappa shape index (κ1) is 23.9. The van der Waals surface area contributed by atoms with Crippen LogP contribution in [0.25, 0.3) is 0 Å². The van der Waals surface area contributed by atoms with Crippen LogP contribution >= 0.6 is 23.2 Å². The maximum absolute atomic E-state index is 12.7. The van der Waals surface area contributed by atoms with Gasteiger partial charge in [-0.25, -0.2) is 4.79 Å². The summed E-state index contributed by atoms with van der Waals surface area (Å²) < 4.78 is 0. The molecule has 0 radical (unpaired) electrons. The Morgan fingerprint density at radius 2 is 1.68 bits per heavy atom. The van der Waals surface area contributed by atoms with E-state index in [0.717, 1.165) is 12.8 Å². The highest BCUT2D eigenvalue weighted by atomic mass is 35.5. The predicted molar refractivity (Wildman–Crippen MR) is 123 cm³/mol. The zero-order valence-corrected chi connectivity index (χ0v) is 19.3. The van der Waals surface area contributed by atoms with E-state index in [9.17, 15) is 14.4 Å². The minimum atomic E-state index is -0.138. The number of nitrogens with one attached hydrogen (secondary N) is 2. The number of halogens is 2. The maximum atomic E-state index is 12.7. The van der Waals surface area contributed by atoms with Gasteiger partial charge in [0.25, 0.3) is 0 Å². The van der Waals surface area contributed by atoms with Crippen LogP contribution in [0.5, 0.6) is 0 Å². The lowest BCUT2D eigenvalue weighted by Crippen LogP contribution is -2.43. The second-order valence-corrected chi connectivity index (χ2v) is 9.30. The number of carbonyl (C=O) groups is 3. The molecule has 1 saturated heterocycles. The van der Waals surface area contributed by atoms with Gasteiger partial charge in [-0.2, -0.15) is 0 Å². The largest absolute Gasteiger partial charge is 0.343 e. The number of nitrogens with zero attached hydrogens (tertiary/aromatic N) is 1. The molecule has 1 heterocycles. The third-order valence-corrected chi connectivity index (χ3v) is 6.95. The summed E-state index contributed by atoms with van der Waals surface area (Å²) in [5.74, 6) is 0.0280. The van der Waals surface area contributed by atoms with Crippen LogP contribution in [-0.2, 0) is 4.79 Å². The molecule has 3 amide bonds. The average molecular weight is 468 g/mol. The summed E-state index contributed by atoms with van der Waals surface area (Å²) >= 11 is 11.9. The Hall–Kier alpha value is -1.79. The number of carbonyl (C=O) groups excluding carboxylic acids is 3. The molecule has 0 bridgehead atoms. The number of urea groups is 1. The number of rotatable bonds is 7. The fraction of sp³-hybridized carbons (Fsp3) is 0.609. The fourth-order valence-electron chi connectivity index (χ4n) is 4.36. The molecule has 31 heavy (non-hydrogen) atoms. The van der Waals surface area contributed by atoms with E-state index < -0.39 is 0 Å². The summed E-state index contributed by atoms with van der Waals surface area (Å²) in [4.78, 5) is 38.9. The van der Waals surface area contributed by atoms with Gasteiger partial charge in [-0.05, 0) is 50.3 Å². The van der Waals surface area contributed by atoms with E-state index in [1.54, 1.807) is 18.2 Å². The third-order valence-electron chi connectivity index (χ3n) is 6.22. The molecule has 2 N–H and O–H groups in total. The molecule has 2 fully saturated rings. The number of benzene rings is 1. The fourth-order valence-corrected chi connectivity index (χ4v) is 4.66. The summed E-state index contributed by atoms with van der Waals surface area (Å²) in [6.07, 6.45) is 8.01. The van der Waals surface area contributed by atoms with Crippen molar-refractivity contribution in [2.24, 2.45) is 5.92 Å². The molecular weight excluding hydrogens is 437 g/mol. The van der Waals surface area contributed by atoms with Gasteiger partial charge in [0.05, 0.1) is 10.0 Å². The van der Waals surface area contributed by atoms with Crippen molar-refractivity contribution < 1.29 is 14.4 Å². The number of hydrogen-bond donors (Lipinski definition) is 2. The minimum Gasteiger partial charge on any atom is -0.343 e. The number of Topliss-reactive ketones (excluding diaryl/α,β-unsaturated/α-hetero) is 1. The molecule has 2 aliphatic rings. The Bertz CT molecular complexity index is 788. The monoisotopic (exact) mass is 467 g/mol. The molecule has 1 aromatic carbocycles. The van der Waals surface area contributed by atoms with Gasteiger partial charge in [0.1, 0.15) is 0 Å². The van der Waals surface area contributed by atoms with Crippen LogP contribution in [0.2, 0.25) is 10.0 Å². The number of hydrogen-bond acceptors (Lipinski definition) is 3. The van der Waals surface area contributed by atoms with Crippen molar-refractivity contribution in [3.05, 3.63) is 33.8 Å². The van der Waals surface area contributed by atoms with Crippen molar-refractivity contribution in [2.75, 3.05) is 19.6 Å². The number of piperidine rings is 1. The molecule has 1 aliphatic carbocycles. The van der Waals surface area contributed by atoms with Crippen molar-refractivity contribution in [1.82, 2.24) is 15.5 Å². The van der Waals surface area contributed by atoms with Crippen molar-refractivity contribution in [1.29, 1.82) is 0 Å². The van der Waals surface area contributed by atoms with E-state index >= 15 is 0 Å². The molecular formula is C23H31Cl2N3O3. The van der Waals surface area contributed by atoms with E-state index in [2.05, 4.69) is 10.6 Å². The van der Waals surface area contributed by atoms with Crippen LogP contribution in [0.15, 0.2) is 18.2 Å². The lowest BCUT2D eigenvalue weighted by molar-refractivity contribution is -0.132. The number of ketones is 1. The molecule has 1 aromatic rings. The normalized spacial score (nSPS) is 17.9. The van der Waals surface area contributed by atoms with Crippen molar-refractivity contribution in [3.63, 3.8) is 0 Å². The summed E-state index contributed by atoms with van der Waals surface area (Å²) in [7, 11) is 0. The Morgan fingerprint density at radius 3 is 2.35 bits per heavy atom. The van der Waals surface area contributed by atoms with E-state index in [4.69, 9.17) is 23.2 Å². The van der Waals surface area contributed by atoms with Crippen LogP contribution in [0.1, 0.15) is 68.1 Å². The highest BCUT2D eigenvalue weighted by Crippen LogP contribution is 2.27. The topological polar surface area (TPSA) is 78.5 Å². The van der Waals surface area contributed by atoms with Gasteiger partial charge in [0, 0.05) is 43.6 Å². The molecule has 0 unspecified atom stereocenters. The Labute approximate surface area is 194 Å². The molecule has 6 nitrogen and oxygen atoms in total. The van der Waals surface area contributed by atoms with Gasteiger partial charge in [-0.1, -0.05) is 42.5 Å². The van der Waals surface area contributed by atoms with Gasteiger partial charge >= 0.3 is 6.03 Å². The maximum Gasteiger partial charge on any atom is 0.315 e. The van der Waals surface area contributed by atoms with Gasteiger partial charge in [0.15, 0.2) is 5.78 Å². The van der Waals surface area contributed by atoms with Crippen molar-refractivity contribution in [2.45, 2.75) is 63.8 Å². The lowest BCUT2D eigenvalue weighted by Gasteiger charge is -2.31. The Balaban J connectivity index is 1.33. The predicted octanol–water partition coefficient (Wildman–Crippen LogP) is 4.83. The summed E-state index contributed by atoms with van der Waals surface area (Å²) in [6.45, 7) is 1.63. The van der Waals surface area contributed by atoms with Gasteiger partial charge in [-0.15, -0.1) is 0 Å². The van der Waals surface area contributed by atoms with Gasteiger partial charge < -0.3 is 15.5 Å². The molecule has 3 rings (SSSR count). The summed E-state index contributed by atoms with van der Waals surface area (Å²) in [5.41, 5.74) is 0.566. The molecule has 0 spiro atoms. The standard InChI is InChI=1S/C23H31Cl2N3O3/c24-19-9-8-17(15-20(19)25)22(30)16-10-13-28(14-11-16)21(29)7-4-12-26-23(31)27-18-5-2-1-3-6-18/h8-9,15-16,18H,1-7,10-14H2,(H2,26,27,31). The van der Waals surface area contributed by atoms with E-state index in [1.165, 1.54) is 19.3 Å². The summed E-state index contributed by atoms with van der Waals surface area (Å²) in [6, 6.07) is 5.09. The van der Waals surface area contributed by atoms with Crippen LogP contribution < -0.4 is 10.6 Å². The second kappa shape index (κ2) is 11.7. The van der Waals surface area contributed by atoms with Crippen LogP contribution in [0.3, 0.4) is 0 Å². The van der Waals surface area contributed by atoms with Crippen LogP contribution in [0.4, 0.5) is 4.79 Å². The molecule has 8 heteroatoms. The first-order valence-corrected chi connectivity index (χ1v) is 12.0. The first-order valence-electron chi connectivity index (χ1n) is 11.3. The smallest absolute Gasteiger partial charge is 0.315 e. The highest BCUT2D eigenvalue weighted by Gasteiger charge is 2.28. The zero-order valence-electron chi connectivity index (χ0n) is 17.8. The van der Waals surface area contributed by atoms with Gasteiger partial charge in [-0.3, -0.25) is 9.59 Å². The summed E-state index contributed by atoms with van der Waals surface area (Å²) in [5, 5.41) is 6.67. The molecule has 170 valence electrons. The number of amides is 3. The number of likely N-dealkylation sites (tertiary alicyclic amines) is 1. The van der Waals surface area contributed by atoms with Crippen molar-refractivity contribution >= 4 is 40.9 Å². The molecule has 0 atom stereocenters. The average Bonchev–Trinajstić information content (AvgIpc) is 2.78. The molecule has 0 aromatic heterocycles. The quantitative estimate of drug-likeness (QED) is 0.445. The molecule has 1 saturated carbocycles. The van der Waals surface area contributed by atoms with Crippen LogP contribution in [-0.4, -0.2) is 48.3 Å². The molecule has 1 aliphatic heterocycles. The van der Waals surface area contributed by atoms with Crippen LogP contribution in [0, 0.1) is 5.92 Å². The minimum absolute atomic E-state index is 0.0545. The van der Waals surface area contributed by atoms with Gasteiger partial charge in [0.2, 0.25) is 5.91 Å². The Morgan fingerprint density at radius 1 is 0.968 bits per heavy atom. The second-order valence-electron chi connectivity index (χ2n) is 8.49. The first-order chi connectivity index (χ1) is 14.9. The highest BCUT2D eigenvalue weighted by molar-refractivity contribution is 6.42. The van der Waals surface area contributed by atoms with Crippen molar-refractivity contribution in [3.8, 4) is 0 Å². The van der Waals surface area contributed by atoms with E-state index in [-0.39, 0.29) is 29.7 Å².